The number of carbonyl (C=O) groups is 1. The summed E-state index contributed by atoms with van der Waals surface area (Å²) in [5.74, 6) is -0.213. The Hall–Kier alpha value is -3.17. The van der Waals surface area contributed by atoms with Crippen LogP contribution in [0.4, 0.5) is 0 Å². The molecule has 0 amide bonds. The quantitative estimate of drug-likeness (QED) is 0.513. The van der Waals surface area contributed by atoms with Crippen LogP contribution in [0.3, 0.4) is 0 Å². The number of benzene rings is 2. The van der Waals surface area contributed by atoms with Crippen LogP contribution in [0.1, 0.15) is 31.0 Å². The van der Waals surface area contributed by atoms with E-state index in [1.54, 1.807) is 26.0 Å². The van der Waals surface area contributed by atoms with E-state index in [2.05, 4.69) is 20.9 Å². The summed E-state index contributed by atoms with van der Waals surface area (Å²) in [4.78, 5) is 31.5. The number of thiazole rings is 1. The molecule has 1 aliphatic rings. The molecule has 7 nitrogen and oxygen atoms in total. The van der Waals surface area contributed by atoms with Gasteiger partial charge in [-0.25, -0.2) is 9.79 Å². The van der Waals surface area contributed by atoms with Crippen LogP contribution < -0.4 is 19.6 Å². The van der Waals surface area contributed by atoms with Crippen molar-refractivity contribution >= 4 is 39.3 Å². The molecule has 0 aliphatic carbocycles. The molecule has 0 saturated heterocycles. The number of hydrogen-bond acceptors (Lipinski definition) is 7. The average Bonchev–Trinajstić information content (AvgIpc) is 3.09. The fourth-order valence-electron chi connectivity index (χ4n) is 3.72. The van der Waals surface area contributed by atoms with Gasteiger partial charge >= 0.3 is 5.97 Å². The fraction of sp³-hybridized carbons (Fsp3) is 0.208. The van der Waals surface area contributed by atoms with Crippen LogP contribution in [0.5, 0.6) is 11.5 Å². The average molecular weight is 529 g/mol. The highest BCUT2D eigenvalue weighted by molar-refractivity contribution is 9.10. The van der Waals surface area contributed by atoms with Crippen LogP contribution in [-0.4, -0.2) is 29.4 Å². The number of fused-ring (bicyclic) bond motifs is 1. The highest BCUT2D eigenvalue weighted by Crippen LogP contribution is 2.33. The van der Waals surface area contributed by atoms with E-state index in [1.807, 2.05) is 30.3 Å². The second-order valence-electron chi connectivity index (χ2n) is 7.26. The molecule has 1 aromatic heterocycles. The third-order valence-electron chi connectivity index (χ3n) is 5.22. The molecule has 1 aliphatic heterocycles. The predicted octanol–water partition coefficient (Wildman–Crippen LogP) is 3.28. The Labute approximate surface area is 202 Å². The number of halogens is 1. The molecular formula is C24H21BrN2O5S. The summed E-state index contributed by atoms with van der Waals surface area (Å²) >= 11 is 4.65. The van der Waals surface area contributed by atoms with Crippen molar-refractivity contribution in [3.05, 3.63) is 89.0 Å². The minimum absolute atomic E-state index is 0.0123. The Bertz CT molecular complexity index is 1440. The largest absolute Gasteiger partial charge is 0.504 e. The molecule has 0 fully saturated rings. The molecule has 0 bridgehead atoms. The van der Waals surface area contributed by atoms with Crippen LogP contribution in [0, 0.1) is 0 Å². The number of phenolic OH excluding ortho intramolecular Hbond substituents is 1. The molecule has 0 saturated carbocycles. The number of nitrogens with zero attached hydrogens (tertiary/aromatic N) is 2. The Balaban J connectivity index is 1.96. The first-order chi connectivity index (χ1) is 15.8. The highest BCUT2D eigenvalue weighted by Gasteiger charge is 2.33. The van der Waals surface area contributed by atoms with E-state index in [4.69, 9.17) is 9.47 Å². The summed E-state index contributed by atoms with van der Waals surface area (Å²) in [6.07, 6.45) is 1.71. The molecule has 0 radical (unpaired) electrons. The number of aromatic hydroxyl groups is 1. The lowest BCUT2D eigenvalue weighted by Crippen LogP contribution is -2.39. The van der Waals surface area contributed by atoms with E-state index in [1.165, 1.54) is 29.1 Å². The number of ether oxygens (including phenoxy) is 2. The first kappa shape index (κ1) is 23.0. The molecule has 170 valence electrons. The lowest BCUT2D eigenvalue weighted by atomic mass is 9.96. The van der Waals surface area contributed by atoms with Crippen molar-refractivity contribution in [3.63, 3.8) is 0 Å². The van der Waals surface area contributed by atoms with Gasteiger partial charge in [-0.3, -0.25) is 9.36 Å². The van der Waals surface area contributed by atoms with Crippen molar-refractivity contribution < 1.29 is 19.4 Å². The SMILES string of the molecule is CCOC(=O)C1=C(C)N=c2sc(=Cc3cc(OC)c(O)cc3Br)c(=O)n2C1c1ccccc1. The summed E-state index contributed by atoms with van der Waals surface area (Å²) in [7, 11) is 1.46. The van der Waals surface area contributed by atoms with E-state index in [-0.39, 0.29) is 17.9 Å². The minimum atomic E-state index is -0.651. The Morgan fingerprint density at radius 1 is 1.30 bits per heavy atom. The number of allylic oxidation sites excluding steroid dienone is 1. The van der Waals surface area contributed by atoms with Crippen LogP contribution >= 0.6 is 27.3 Å². The smallest absolute Gasteiger partial charge is 0.338 e. The highest BCUT2D eigenvalue weighted by atomic mass is 79.9. The lowest BCUT2D eigenvalue weighted by molar-refractivity contribution is -0.139. The van der Waals surface area contributed by atoms with Gasteiger partial charge < -0.3 is 14.6 Å². The predicted molar refractivity (Wildman–Crippen MR) is 129 cm³/mol. The van der Waals surface area contributed by atoms with Gasteiger partial charge in [0.1, 0.15) is 0 Å². The molecule has 4 rings (SSSR count). The number of aromatic nitrogens is 1. The van der Waals surface area contributed by atoms with E-state index in [0.29, 0.717) is 36.4 Å². The Morgan fingerprint density at radius 2 is 2.03 bits per heavy atom. The molecule has 2 heterocycles. The Morgan fingerprint density at radius 3 is 2.70 bits per heavy atom. The molecule has 2 aromatic carbocycles. The third-order valence-corrected chi connectivity index (χ3v) is 6.89. The fourth-order valence-corrected chi connectivity index (χ4v) is 5.20. The van der Waals surface area contributed by atoms with Gasteiger partial charge in [0.15, 0.2) is 16.3 Å². The zero-order chi connectivity index (χ0) is 23.7. The number of hydrogen-bond donors (Lipinski definition) is 1. The van der Waals surface area contributed by atoms with E-state index in [9.17, 15) is 14.7 Å². The maximum absolute atomic E-state index is 13.6. The second kappa shape index (κ2) is 9.36. The molecule has 0 spiro atoms. The summed E-state index contributed by atoms with van der Waals surface area (Å²) in [6.45, 7) is 3.71. The maximum Gasteiger partial charge on any atom is 0.338 e. The van der Waals surface area contributed by atoms with Gasteiger partial charge in [-0.2, -0.15) is 0 Å². The molecule has 9 heteroatoms. The number of phenols is 1. The van der Waals surface area contributed by atoms with Crippen molar-refractivity contribution in [2.75, 3.05) is 13.7 Å². The van der Waals surface area contributed by atoms with E-state index in [0.717, 1.165) is 5.56 Å². The summed E-state index contributed by atoms with van der Waals surface area (Å²) in [5, 5.41) is 9.99. The monoisotopic (exact) mass is 528 g/mol. The molecule has 1 atom stereocenters. The maximum atomic E-state index is 13.6. The topological polar surface area (TPSA) is 90.1 Å². The molecule has 33 heavy (non-hydrogen) atoms. The first-order valence-electron chi connectivity index (χ1n) is 10.2. The molecule has 1 N–H and O–H groups in total. The number of carbonyl (C=O) groups excluding carboxylic acids is 1. The van der Waals surface area contributed by atoms with Gasteiger partial charge in [0.25, 0.3) is 5.56 Å². The van der Waals surface area contributed by atoms with E-state index >= 15 is 0 Å². The zero-order valence-corrected chi connectivity index (χ0v) is 20.6. The molecule has 1 unspecified atom stereocenters. The van der Waals surface area contributed by atoms with Gasteiger partial charge in [0.2, 0.25) is 0 Å². The third kappa shape index (κ3) is 4.26. The van der Waals surface area contributed by atoms with Crippen LogP contribution in [0.25, 0.3) is 6.08 Å². The van der Waals surface area contributed by atoms with Crippen LogP contribution in [0.15, 0.2) is 68.0 Å². The molecule has 3 aromatic rings. The van der Waals surface area contributed by atoms with Crippen LogP contribution in [0.2, 0.25) is 0 Å². The van der Waals surface area contributed by atoms with Crippen LogP contribution in [-0.2, 0) is 9.53 Å². The van der Waals surface area contributed by atoms with Gasteiger partial charge in [-0.15, -0.1) is 0 Å². The standard InChI is InChI=1S/C24H21BrN2O5S/c1-4-32-23(30)20-13(2)26-24-27(21(20)14-8-6-5-7-9-14)22(29)19(33-24)11-15-10-18(31-3)17(28)12-16(15)25/h5-12,21,28H,4H2,1-3H3. The van der Waals surface area contributed by atoms with Crippen molar-refractivity contribution in [3.8, 4) is 11.5 Å². The molecular weight excluding hydrogens is 508 g/mol. The van der Waals surface area contributed by atoms with Gasteiger partial charge in [0.05, 0.1) is 35.6 Å². The minimum Gasteiger partial charge on any atom is -0.504 e. The van der Waals surface area contributed by atoms with Gasteiger partial charge in [-0.05, 0) is 43.2 Å². The number of esters is 1. The zero-order valence-electron chi connectivity index (χ0n) is 18.2. The summed E-state index contributed by atoms with van der Waals surface area (Å²) in [6, 6.07) is 11.9. The normalized spacial score (nSPS) is 15.8. The van der Waals surface area contributed by atoms with Crippen molar-refractivity contribution in [1.82, 2.24) is 4.57 Å². The van der Waals surface area contributed by atoms with Crippen molar-refractivity contribution in [2.45, 2.75) is 19.9 Å². The second-order valence-corrected chi connectivity index (χ2v) is 9.12. The lowest BCUT2D eigenvalue weighted by Gasteiger charge is -2.24. The summed E-state index contributed by atoms with van der Waals surface area (Å²) < 4.78 is 13.1. The number of methoxy groups -OCH3 is 1. The van der Waals surface area contributed by atoms with Crippen molar-refractivity contribution in [2.24, 2.45) is 4.99 Å². The number of rotatable bonds is 5. The van der Waals surface area contributed by atoms with Gasteiger partial charge in [0, 0.05) is 4.47 Å². The first-order valence-corrected chi connectivity index (χ1v) is 11.8. The summed E-state index contributed by atoms with van der Waals surface area (Å²) in [5.41, 5.74) is 2.03. The van der Waals surface area contributed by atoms with Gasteiger partial charge in [-0.1, -0.05) is 57.6 Å². The Kier molecular flexibility index (Phi) is 6.53. The van der Waals surface area contributed by atoms with Crippen molar-refractivity contribution in [1.29, 1.82) is 0 Å². The van der Waals surface area contributed by atoms with E-state index < -0.39 is 12.0 Å².